The molecule has 0 aliphatic carbocycles. The second kappa shape index (κ2) is 7.76. The molecule has 1 aliphatic heterocycles. The van der Waals surface area contributed by atoms with Crippen LogP contribution in [0.25, 0.3) is 6.08 Å². The van der Waals surface area contributed by atoms with Gasteiger partial charge in [-0.1, -0.05) is 29.8 Å². The molecule has 1 amide bonds. The highest BCUT2D eigenvalue weighted by atomic mass is 32.1. The second-order valence-corrected chi connectivity index (χ2v) is 8.44. The molecule has 4 rings (SSSR count). The summed E-state index contributed by atoms with van der Waals surface area (Å²) in [6.45, 7) is 8.41. The fourth-order valence-electron chi connectivity index (χ4n) is 3.67. The van der Waals surface area contributed by atoms with Gasteiger partial charge in [-0.2, -0.15) is 5.10 Å². The number of aromatic nitrogens is 2. The van der Waals surface area contributed by atoms with Crippen LogP contribution < -0.4 is 0 Å². The van der Waals surface area contributed by atoms with E-state index < -0.39 is 0 Å². The molecule has 2 aromatic heterocycles. The molecule has 1 aromatic carbocycles. The van der Waals surface area contributed by atoms with E-state index in [4.69, 9.17) is 0 Å². The third kappa shape index (κ3) is 3.80. The van der Waals surface area contributed by atoms with E-state index in [1.807, 2.05) is 22.6 Å². The summed E-state index contributed by atoms with van der Waals surface area (Å²) in [5.74, 6) is 0.0712. The number of thiophene rings is 1. The first-order valence-corrected chi connectivity index (χ1v) is 10.5. The lowest BCUT2D eigenvalue weighted by Crippen LogP contribution is -2.34. The van der Waals surface area contributed by atoms with Crippen LogP contribution in [0.5, 0.6) is 0 Å². The normalized spacial score (nSPS) is 13.9. The number of hydrogen-bond donors (Lipinski definition) is 0. The van der Waals surface area contributed by atoms with E-state index in [1.54, 1.807) is 17.4 Å². The monoisotopic (exact) mass is 391 g/mol. The quantitative estimate of drug-likeness (QED) is 0.614. The fourth-order valence-corrected chi connectivity index (χ4v) is 4.56. The lowest BCUT2D eigenvalue weighted by atomic mass is 10.1. The van der Waals surface area contributed by atoms with Crippen molar-refractivity contribution >= 4 is 23.3 Å². The summed E-state index contributed by atoms with van der Waals surface area (Å²) in [5, 5.41) is 6.80. The van der Waals surface area contributed by atoms with Gasteiger partial charge in [-0.15, -0.1) is 11.3 Å². The molecular weight excluding hydrogens is 366 g/mol. The molecule has 0 N–H and O–H groups in total. The van der Waals surface area contributed by atoms with Gasteiger partial charge in [0.25, 0.3) is 0 Å². The Bertz CT molecular complexity index is 1030. The highest BCUT2D eigenvalue weighted by Gasteiger charge is 2.20. The van der Waals surface area contributed by atoms with Crippen molar-refractivity contribution in [2.75, 3.05) is 6.54 Å². The molecular formula is C23H25N3OS. The molecule has 4 nitrogen and oxygen atoms in total. The number of rotatable bonds is 4. The lowest BCUT2D eigenvalue weighted by molar-refractivity contribution is -0.126. The summed E-state index contributed by atoms with van der Waals surface area (Å²) in [6.07, 6.45) is 4.58. The molecule has 144 valence electrons. The van der Waals surface area contributed by atoms with Gasteiger partial charge in [-0.05, 0) is 55.8 Å². The van der Waals surface area contributed by atoms with Crippen LogP contribution in [0.15, 0.2) is 41.8 Å². The summed E-state index contributed by atoms with van der Waals surface area (Å²) in [4.78, 5) is 16.0. The van der Waals surface area contributed by atoms with Gasteiger partial charge in [-0.25, -0.2) is 0 Å². The number of hydrogen-bond acceptors (Lipinski definition) is 3. The molecule has 0 bridgehead atoms. The van der Waals surface area contributed by atoms with E-state index >= 15 is 0 Å². The first-order chi connectivity index (χ1) is 13.5. The second-order valence-electron chi connectivity index (χ2n) is 7.44. The van der Waals surface area contributed by atoms with Gasteiger partial charge in [0.15, 0.2) is 0 Å². The van der Waals surface area contributed by atoms with Crippen LogP contribution in [0.2, 0.25) is 0 Å². The Balaban J connectivity index is 1.48. The Hall–Kier alpha value is -2.66. The highest BCUT2D eigenvalue weighted by molar-refractivity contribution is 7.10. The number of carbonyl (C=O) groups excluding carboxylic acids is 1. The van der Waals surface area contributed by atoms with Crippen molar-refractivity contribution in [2.24, 2.45) is 0 Å². The summed E-state index contributed by atoms with van der Waals surface area (Å²) in [5.41, 5.74) is 6.84. The molecule has 1 aliphatic rings. The zero-order chi connectivity index (χ0) is 19.7. The zero-order valence-electron chi connectivity index (χ0n) is 16.6. The highest BCUT2D eigenvalue weighted by Crippen LogP contribution is 2.24. The molecule has 3 aromatic rings. The predicted molar refractivity (Wildman–Crippen MR) is 114 cm³/mol. The largest absolute Gasteiger partial charge is 0.334 e. The van der Waals surface area contributed by atoms with E-state index in [2.05, 4.69) is 54.7 Å². The minimum atomic E-state index is 0.0712. The molecule has 5 heteroatoms. The Morgan fingerprint density at radius 3 is 2.75 bits per heavy atom. The van der Waals surface area contributed by atoms with Gasteiger partial charge in [-0.3, -0.25) is 9.48 Å². The Morgan fingerprint density at radius 2 is 1.96 bits per heavy atom. The van der Waals surface area contributed by atoms with Gasteiger partial charge in [0.05, 0.1) is 12.2 Å². The van der Waals surface area contributed by atoms with Crippen molar-refractivity contribution in [2.45, 2.75) is 40.3 Å². The summed E-state index contributed by atoms with van der Waals surface area (Å²) in [6, 6.07) is 10.7. The maximum atomic E-state index is 12.7. The molecule has 0 saturated carbocycles. The van der Waals surface area contributed by atoms with Crippen LogP contribution in [0.3, 0.4) is 0 Å². The SMILES string of the molecule is Cc1ccc(Cn2nc(C)c(/C=C/C(=O)N3CCc4sccc4C3)c2C)cc1. The summed E-state index contributed by atoms with van der Waals surface area (Å²) < 4.78 is 2.02. The molecule has 0 saturated heterocycles. The average molecular weight is 392 g/mol. The van der Waals surface area contributed by atoms with Gasteiger partial charge in [0.1, 0.15) is 0 Å². The Morgan fingerprint density at radius 1 is 1.18 bits per heavy atom. The molecule has 0 radical (unpaired) electrons. The number of carbonyl (C=O) groups is 1. The first kappa shape index (κ1) is 18.7. The topological polar surface area (TPSA) is 38.1 Å². The molecule has 28 heavy (non-hydrogen) atoms. The molecule has 0 fully saturated rings. The van der Waals surface area contributed by atoms with Crippen molar-refractivity contribution in [1.82, 2.24) is 14.7 Å². The lowest BCUT2D eigenvalue weighted by Gasteiger charge is -2.25. The van der Waals surface area contributed by atoms with E-state index in [-0.39, 0.29) is 5.91 Å². The number of amides is 1. The number of nitrogens with zero attached hydrogens (tertiary/aromatic N) is 3. The van der Waals surface area contributed by atoms with Crippen molar-refractivity contribution in [1.29, 1.82) is 0 Å². The molecule has 0 atom stereocenters. The Labute approximate surface area is 170 Å². The minimum Gasteiger partial charge on any atom is -0.334 e. The van der Waals surface area contributed by atoms with Crippen LogP contribution in [0, 0.1) is 20.8 Å². The molecule has 0 unspecified atom stereocenters. The number of aryl methyl sites for hydroxylation is 2. The first-order valence-electron chi connectivity index (χ1n) is 9.63. The predicted octanol–water partition coefficient (Wildman–Crippen LogP) is 4.52. The van der Waals surface area contributed by atoms with E-state index in [0.717, 1.165) is 36.5 Å². The number of fused-ring (bicyclic) bond motifs is 1. The van der Waals surface area contributed by atoms with E-state index in [1.165, 1.54) is 21.6 Å². The van der Waals surface area contributed by atoms with Crippen molar-refractivity contribution in [3.63, 3.8) is 0 Å². The van der Waals surface area contributed by atoms with Gasteiger partial charge in [0.2, 0.25) is 5.91 Å². The maximum Gasteiger partial charge on any atom is 0.246 e. The average Bonchev–Trinajstić information content (AvgIpc) is 3.26. The summed E-state index contributed by atoms with van der Waals surface area (Å²) in [7, 11) is 0. The fraction of sp³-hybridized carbons (Fsp3) is 0.304. The van der Waals surface area contributed by atoms with Crippen molar-refractivity contribution < 1.29 is 4.79 Å². The van der Waals surface area contributed by atoms with Gasteiger partial charge in [0, 0.05) is 35.3 Å². The minimum absolute atomic E-state index is 0.0712. The Kier molecular flexibility index (Phi) is 5.18. The smallest absolute Gasteiger partial charge is 0.246 e. The standard InChI is InChI=1S/C23H25N3OS/c1-16-4-6-19(7-5-16)14-26-18(3)21(17(2)24-26)8-9-23(27)25-12-10-22-20(15-25)11-13-28-22/h4-9,11,13H,10,12,14-15H2,1-3H3/b9-8+. The third-order valence-corrected chi connectivity index (χ3v) is 6.43. The van der Waals surface area contributed by atoms with E-state index in [0.29, 0.717) is 6.54 Å². The van der Waals surface area contributed by atoms with Crippen LogP contribution in [-0.2, 0) is 24.3 Å². The van der Waals surface area contributed by atoms with Gasteiger partial charge >= 0.3 is 0 Å². The van der Waals surface area contributed by atoms with Crippen molar-refractivity contribution in [3.05, 3.63) is 80.3 Å². The zero-order valence-corrected chi connectivity index (χ0v) is 17.4. The van der Waals surface area contributed by atoms with E-state index in [9.17, 15) is 4.79 Å². The summed E-state index contributed by atoms with van der Waals surface area (Å²) >= 11 is 1.79. The van der Waals surface area contributed by atoms with Crippen LogP contribution in [0.1, 0.15) is 38.5 Å². The van der Waals surface area contributed by atoms with Crippen LogP contribution >= 0.6 is 11.3 Å². The van der Waals surface area contributed by atoms with Crippen molar-refractivity contribution in [3.8, 4) is 0 Å². The molecule has 3 heterocycles. The van der Waals surface area contributed by atoms with Gasteiger partial charge < -0.3 is 4.90 Å². The third-order valence-electron chi connectivity index (χ3n) is 5.40. The number of benzene rings is 1. The van der Waals surface area contributed by atoms with Crippen LogP contribution in [0.4, 0.5) is 0 Å². The van der Waals surface area contributed by atoms with Crippen LogP contribution in [-0.4, -0.2) is 27.1 Å². The molecule has 0 spiro atoms. The maximum absolute atomic E-state index is 12.7.